The van der Waals surface area contributed by atoms with Crippen LogP contribution in [0.15, 0.2) is 36.1 Å². The Hall–Kier alpha value is -1.95. The number of hydrogen-bond donors (Lipinski definition) is 2. The summed E-state index contributed by atoms with van der Waals surface area (Å²) in [5, 5.41) is 19.3. The molecule has 0 bridgehead atoms. The molecule has 3 N–H and O–H groups in total. The van der Waals surface area contributed by atoms with Crippen LogP contribution in [0.3, 0.4) is 0 Å². The monoisotopic (exact) mass is 226 g/mol. The van der Waals surface area contributed by atoms with Crippen molar-refractivity contribution in [3.05, 3.63) is 46.2 Å². The van der Waals surface area contributed by atoms with Crippen LogP contribution in [0.4, 0.5) is 0 Å². The molecule has 0 spiro atoms. The van der Waals surface area contributed by atoms with E-state index in [0.717, 1.165) is 6.08 Å². The highest BCUT2D eigenvalue weighted by Gasteiger charge is 2.19. The van der Waals surface area contributed by atoms with Crippen molar-refractivity contribution >= 4 is 5.97 Å². The van der Waals surface area contributed by atoms with E-state index in [9.17, 15) is 14.9 Å². The third-order valence-electron chi connectivity index (χ3n) is 1.84. The number of allylic oxidation sites excluding steroid dienone is 3. The van der Waals surface area contributed by atoms with Crippen molar-refractivity contribution < 1.29 is 14.8 Å². The lowest BCUT2D eigenvalue weighted by molar-refractivity contribution is -0.420. The minimum atomic E-state index is -1.20. The van der Waals surface area contributed by atoms with Gasteiger partial charge in [-0.25, -0.2) is 0 Å². The van der Waals surface area contributed by atoms with Gasteiger partial charge in [-0.1, -0.05) is 18.7 Å². The van der Waals surface area contributed by atoms with Gasteiger partial charge in [0.2, 0.25) is 0 Å². The predicted molar refractivity (Wildman–Crippen MR) is 59.3 cm³/mol. The SMILES string of the molecule is C=C/C(=C(\C=C/C)CC(N)C(=O)O)[N+](=O)[O-]. The number of aliphatic carboxylic acids is 1. The highest BCUT2D eigenvalue weighted by Crippen LogP contribution is 2.14. The highest BCUT2D eigenvalue weighted by atomic mass is 16.6. The number of hydrogen-bond acceptors (Lipinski definition) is 4. The van der Waals surface area contributed by atoms with Crippen molar-refractivity contribution in [1.29, 1.82) is 0 Å². The summed E-state index contributed by atoms with van der Waals surface area (Å²) < 4.78 is 0. The second-order valence-corrected chi connectivity index (χ2v) is 3.02. The van der Waals surface area contributed by atoms with E-state index in [1.807, 2.05) is 0 Å². The smallest absolute Gasteiger partial charge is 0.320 e. The molecule has 0 aliphatic rings. The molecular formula is C10H14N2O4. The predicted octanol–water partition coefficient (Wildman–Crippen LogP) is 1.08. The number of nitrogens with two attached hydrogens (primary N) is 1. The van der Waals surface area contributed by atoms with E-state index in [1.165, 1.54) is 6.08 Å². The maximum Gasteiger partial charge on any atom is 0.320 e. The third kappa shape index (κ3) is 4.05. The Morgan fingerprint density at radius 3 is 2.56 bits per heavy atom. The lowest BCUT2D eigenvalue weighted by Crippen LogP contribution is -2.30. The van der Waals surface area contributed by atoms with Crippen LogP contribution in [0.1, 0.15) is 13.3 Å². The molecule has 0 aromatic carbocycles. The first-order valence-electron chi connectivity index (χ1n) is 4.55. The van der Waals surface area contributed by atoms with Crippen molar-refractivity contribution in [3.63, 3.8) is 0 Å². The Bertz CT molecular complexity index is 358. The number of carboxylic acid groups (broad SMARTS) is 1. The van der Waals surface area contributed by atoms with Crippen LogP contribution in [-0.4, -0.2) is 22.0 Å². The average Bonchev–Trinajstić information content (AvgIpc) is 2.18. The molecule has 1 unspecified atom stereocenters. The number of carbonyl (C=O) groups is 1. The molecule has 0 aromatic rings. The molecule has 16 heavy (non-hydrogen) atoms. The molecule has 6 nitrogen and oxygen atoms in total. The minimum absolute atomic E-state index is 0.109. The van der Waals surface area contributed by atoms with Gasteiger partial charge >= 0.3 is 5.97 Å². The molecule has 0 amide bonds. The summed E-state index contributed by atoms with van der Waals surface area (Å²) in [5.41, 5.74) is 5.34. The van der Waals surface area contributed by atoms with Crippen LogP contribution in [0.2, 0.25) is 0 Å². The lowest BCUT2D eigenvalue weighted by atomic mass is 10.0. The minimum Gasteiger partial charge on any atom is -0.480 e. The fourth-order valence-electron chi connectivity index (χ4n) is 1.11. The molecule has 0 aliphatic heterocycles. The Morgan fingerprint density at radius 1 is 1.69 bits per heavy atom. The molecule has 0 saturated heterocycles. The van der Waals surface area contributed by atoms with Gasteiger partial charge < -0.3 is 10.8 Å². The summed E-state index contributed by atoms with van der Waals surface area (Å²) in [6.45, 7) is 4.99. The Balaban J connectivity index is 5.20. The van der Waals surface area contributed by atoms with E-state index >= 15 is 0 Å². The normalized spacial score (nSPS) is 14.4. The van der Waals surface area contributed by atoms with Crippen molar-refractivity contribution in [2.75, 3.05) is 0 Å². The maximum absolute atomic E-state index is 10.7. The lowest BCUT2D eigenvalue weighted by Gasteiger charge is -2.06. The summed E-state index contributed by atoms with van der Waals surface area (Å²) in [6.07, 6.45) is 4.01. The van der Waals surface area contributed by atoms with Gasteiger partial charge in [-0.2, -0.15) is 0 Å². The van der Waals surface area contributed by atoms with Gasteiger partial charge in [0.05, 0.1) is 4.92 Å². The molecule has 0 aromatic heterocycles. The van der Waals surface area contributed by atoms with Crippen LogP contribution < -0.4 is 5.73 Å². The number of nitrogens with zero attached hydrogens (tertiary/aromatic N) is 1. The van der Waals surface area contributed by atoms with Gasteiger partial charge in [-0.05, 0) is 6.92 Å². The average molecular weight is 226 g/mol. The molecular weight excluding hydrogens is 212 g/mol. The van der Waals surface area contributed by atoms with Crippen molar-refractivity contribution in [2.24, 2.45) is 5.73 Å². The number of nitro groups is 1. The van der Waals surface area contributed by atoms with Crippen molar-refractivity contribution in [1.82, 2.24) is 0 Å². The Labute approximate surface area is 92.9 Å². The van der Waals surface area contributed by atoms with Gasteiger partial charge in [0.1, 0.15) is 6.04 Å². The molecule has 88 valence electrons. The van der Waals surface area contributed by atoms with E-state index in [2.05, 4.69) is 6.58 Å². The van der Waals surface area contributed by atoms with E-state index < -0.39 is 16.9 Å². The van der Waals surface area contributed by atoms with Gasteiger partial charge in [-0.15, -0.1) is 0 Å². The molecule has 0 saturated carbocycles. The quantitative estimate of drug-likeness (QED) is 0.400. The summed E-state index contributed by atoms with van der Waals surface area (Å²) in [7, 11) is 0. The van der Waals surface area contributed by atoms with Gasteiger partial charge in [-0.3, -0.25) is 14.9 Å². The molecule has 0 heterocycles. The fourth-order valence-corrected chi connectivity index (χ4v) is 1.11. The first kappa shape index (κ1) is 14.1. The Morgan fingerprint density at radius 2 is 2.25 bits per heavy atom. The Kier molecular flexibility index (Phi) is 5.72. The van der Waals surface area contributed by atoms with Crippen molar-refractivity contribution in [3.8, 4) is 0 Å². The first-order valence-corrected chi connectivity index (χ1v) is 4.55. The second-order valence-electron chi connectivity index (χ2n) is 3.02. The molecule has 6 heteroatoms. The maximum atomic E-state index is 10.7. The van der Waals surface area contributed by atoms with Crippen LogP contribution in [0.25, 0.3) is 0 Å². The summed E-state index contributed by atoms with van der Waals surface area (Å²) in [4.78, 5) is 20.6. The summed E-state index contributed by atoms with van der Waals surface area (Å²) in [5.74, 6) is -1.20. The van der Waals surface area contributed by atoms with Crippen molar-refractivity contribution in [2.45, 2.75) is 19.4 Å². The topological polar surface area (TPSA) is 106 Å². The van der Waals surface area contributed by atoms with Gasteiger partial charge in [0, 0.05) is 18.1 Å². The van der Waals surface area contributed by atoms with Crippen LogP contribution in [0.5, 0.6) is 0 Å². The third-order valence-corrected chi connectivity index (χ3v) is 1.84. The molecule has 0 rings (SSSR count). The van der Waals surface area contributed by atoms with E-state index in [1.54, 1.807) is 13.0 Å². The fraction of sp³-hybridized carbons (Fsp3) is 0.300. The number of rotatable bonds is 6. The molecule has 0 fully saturated rings. The van der Waals surface area contributed by atoms with E-state index in [-0.39, 0.29) is 17.7 Å². The van der Waals surface area contributed by atoms with Gasteiger partial charge in [0.25, 0.3) is 5.70 Å². The first-order chi connectivity index (χ1) is 7.43. The molecule has 1 atom stereocenters. The van der Waals surface area contributed by atoms with Crippen LogP contribution in [-0.2, 0) is 4.79 Å². The van der Waals surface area contributed by atoms with Gasteiger partial charge in [0.15, 0.2) is 0 Å². The largest absolute Gasteiger partial charge is 0.480 e. The zero-order valence-corrected chi connectivity index (χ0v) is 8.92. The summed E-state index contributed by atoms with van der Waals surface area (Å²) in [6, 6.07) is -1.17. The number of carboxylic acids is 1. The second kappa shape index (κ2) is 6.52. The zero-order chi connectivity index (χ0) is 12.7. The van der Waals surface area contributed by atoms with Crippen LogP contribution >= 0.6 is 0 Å². The van der Waals surface area contributed by atoms with Crippen LogP contribution in [0, 0.1) is 10.1 Å². The highest BCUT2D eigenvalue weighted by molar-refractivity contribution is 5.73. The summed E-state index contributed by atoms with van der Waals surface area (Å²) >= 11 is 0. The molecule has 0 aliphatic carbocycles. The standard InChI is InChI=1S/C10H14N2O4/c1-3-5-7(6-8(11)10(13)14)9(4-2)12(15)16/h3-5,8H,2,6,11H2,1H3,(H,13,14)/b5-3-,9-7-. The van der Waals surface area contributed by atoms with E-state index in [0.29, 0.717) is 0 Å². The van der Waals surface area contributed by atoms with E-state index in [4.69, 9.17) is 10.8 Å². The zero-order valence-electron chi connectivity index (χ0n) is 8.92. The molecule has 0 radical (unpaired) electrons.